The lowest BCUT2D eigenvalue weighted by molar-refractivity contribution is -0.144. The molecule has 0 aliphatic rings. The van der Waals surface area contributed by atoms with Crippen LogP contribution in [0.1, 0.15) is 6.92 Å². The van der Waals surface area contributed by atoms with Gasteiger partial charge in [-0.15, -0.1) is 0 Å². The quantitative estimate of drug-likeness (QED) is 0.813. The van der Waals surface area contributed by atoms with Crippen LogP contribution in [0.25, 0.3) is 0 Å². The highest BCUT2D eigenvalue weighted by molar-refractivity contribution is 5.91. The highest BCUT2D eigenvalue weighted by Gasteiger charge is 2.15. The molecule has 104 valence electrons. The first-order chi connectivity index (χ1) is 8.93. The molecule has 0 saturated carbocycles. The highest BCUT2D eigenvalue weighted by Crippen LogP contribution is 2.22. The molecule has 1 unspecified atom stereocenters. The number of hydrogen-bond donors (Lipinski definition) is 2. The van der Waals surface area contributed by atoms with Gasteiger partial charge in [-0.05, 0) is 19.1 Å². The van der Waals surface area contributed by atoms with Gasteiger partial charge < -0.3 is 19.9 Å². The topological polar surface area (TPSA) is 84.9 Å². The Morgan fingerprint density at radius 2 is 2.16 bits per heavy atom. The van der Waals surface area contributed by atoms with Gasteiger partial charge >= 0.3 is 5.97 Å². The molecule has 2 N–H and O–H groups in total. The number of carboxylic acid groups (broad SMARTS) is 1. The van der Waals surface area contributed by atoms with Gasteiger partial charge in [0.25, 0.3) is 0 Å². The molecule has 0 aliphatic carbocycles. The second-order valence-electron chi connectivity index (χ2n) is 3.72. The fraction of sp³-hybridized carbons (Fsp3) is 0.333. The third kappa shape index (κ3) is 4.55. The van der Waals surface area contributed by atoms with E-state index in [1.807, 2.05) is 0 Å². The number of carbonyl (C=O) groups excluding carboxylic acids is 1. The summed E-state index contributed by atoms with van der Waals surface area (Å²) in [5.74, 6) is -2.57. The van der Waals surface area contributed by atoms with Gasteiger partial charge in [0.15, 0.2) is 17.7 Å². The Hall–Kier alpha value is -2.15. The normalized spacial score (nSPS) is 11.7. The fourth-order valence-corrected chi connectivity index (χ4v) is 1.24. The van der Waals surface area contributed by atoms with Crippen LogP contribution in [0.15, 0.2) is 18.2 Å². The number of amides is 1. The number of carbonyl (C=O) groups is 2. The van der Waals surface area contributed by atoms with E-state index in [9.17, 15) is 14.0 Å². The molecular formula is C12H14FNO5. The molecule has 0 aromatic heterocycles. The van der Waals surface area contributed by atoms with Crippen molar-refractivity contribution in [3.63, 3.8) is 0 Å². The number of hydrogen-bond acceptors (Lipinski definition) is 4. The van der Waals surface area contributed by atoms with Gasteiger partial charge in [0, 0.05) is 18.9 Å². The first-order valence-electron chi connectivity index (χ1n) is 5.42. The zero-order chi connectivity index (χ0) is 14.4. The van der Waals surface area contributed by atoms with E-state index in [4.69, 9.17) is 9.84 Å². The molecule has 0 heterocycles. The Labute approximate surface area is 109 Å². The molecule has 6 nitrogen and oxygen atoms in total. The summed E-state index contributed by atoms with van der Waals surface area (Å²) in [7, 11) is 1.37. The summed E-state index contributed by atoms with van der Waals surface area (Å²) in [4.78, 5) is 21.8. The highest BCUT2D eigenvalue weighted by atomic mass is 19.1. The van der Waals surface area contributed by atoms with Crippen molar-refractivity contribution in [1.29, 1.82) is 0 Å². The van der Waals surface area contributed by atoms with Gasteiger partial charge in [-0.3, -0.25) is 4.79 Å². The molecule has 0 bridgehead atoms. The monoisotopic (exact) mass is 271 g/mol. The van der Waals surface area contributed by atoms with E-state index in [0.717, 1.165) is 6.07 Å². The molecule has 1 aromatic rings. The Bertz CT molecular complexity index is 477. The summed E-state index contributed by atoms with van der Waals surface area (Å²) >= 11 is 0. The number of ether oxygens (including phenoxy) is 2. The third-order valence-electron chi connectivity index (χ3n) is 2.14. The number of aliphatic carboxylic acids is 1. The van der Waals surface area contributed by atoms with Crippen LogP contribution in [-0.2, 0) is 14.3 Å². The molecule has 0 saturated heterocycles. The molecule has 1 rings (SSSR count). The number of halogens is 1. The van der Waals surface area contributed by atoms with Gasteiger partial charge in [0.1, 0.15) is 6.61 Å². The van der Waals surface area contributed by atoms with Crippen molar-refractivity contribution in [2.24, 2.45) is 0 Å². The fourth-order valence-electron chi connectivity index (χ4n) is 1.24. The van der Waals surface area contributed by atoms with Crippen molar-refractivity contribution < 1.29 is 28.6 Å². The maximum Gasteiger partial charge on any atom is 0.344 e. The van der Waals surface area contributed by atoms with Crippen LogP contribution in [0.3, 0.4) is 0 Å². The number of rotatable bonds is 6. The second kappa shape index (κ2) is 6.69. The Kier molecular flexibility index (Phi) is 5.25. The number of benzene rings is 1. The van der Waals surface area contributed by atoms with E-state index < -0.39 is 23.8 Å². The maximum atomic E-state index is 13.6. The van der Waals surface area contributed by atoms with E-state index in [1.165, 1.54) is 26.2 Å². The lowest BCUT2D eigenvalue weighted by Gasteiger charge is -2.12. The summed E-state index contributed by atoms with van der Waals surface area (Å²) in [5.41, 5.74) is 0.231. The molecule has 19 heavy (non-hydrogen) atoms. The zero-order valence-corrected chi connectivity index (χ0v) is 10.5. The third-order valence-corrected chi connectivity index (χ3v) is 2.14. The summed E-state index contributed by atoms with van der Waals surface area (Å²) in [5, 5.41) is 11.1. The molecule has 0 fully saturated rings. The lowest BCUT2D eigenvalue weighted by atomic mass is 10.2. The molecule has 1 amide bonds. The van der Waals surface area contributed by atoms with Crippen molar-refractivity contribution in [1.82, 2.24) is 0 Å². The largest absolute Gasteiger partial charge is 0.479 e. The number of carboxylic acids is 1. The Balaban J connectivity index is 2.74. The summed E-state index contributed by atoms with van der Waals surface area (Å²) in [6, 6.07) is 3.69. The minimum atomic E-state index is -1.20. The van der Waals surface area contributed by atoms with Crippen LogP contribution in [-0.4, -0.2) is 36.8 Å². The minimum absolute atomic E-state index is 0.143. The second-order valence-corrected chi connectivity index (χ2v) is 3.72. The predicted octanol–water partition coefficient (Wildman–Crippen LogP) is 1.26. The molecule has 1 atom stereocenters. The van der Waals surface area contributed by atoms with E-state index in [1.54, 1.807) is 0 Å². The average molecular weight is 271 g/mol. The average Bonchev–Trinajstić information content (AvgIpc) is 2.32. The zero-order valence-electron chi connectivity index (χ0n) is 10.5. The van der Waals surface area contributed by atoms with E-state index in [-0.39, 0.29) is 18.0 Å². The van der Waals surface area contributed by atoms with Crippen LogP contribution < -0.4 is 10.1 Å². The molecule has 1 aromatic carbocycles. The van der Waals surface area contributed by atoms with Crippen molar-refractivity contribution in [3.8, 4) is 5.75 Å². The summed E-state index contributed by atoms with van der Waals surface area (Å²) in [6.45, 7) is 1.14. The number of methoxy groups -OCH3 is 1. The van der Waals surface area contributed by atoms with Crippen LogP contribution in [0, 0.1) is 5.82 Å². The first-order valence-corrected chi connectivity index (χ1v) is 5.42. The minimum Gasteiger partial charge on any atom is -0.479 e. The summed E-state index contributed by atoms with van der Waals surface area (Å²) in [6.07, 6.45) is -1.16. The predicted molar refractivity (Wildman–Crippen MR) is 64.6 cm³/mol. The molecule has 0 aliphatic heterocycles. The number of anilines is 1. The van der Waals surface area contributed by atoms with Gasteiger partial charge in [-0.2, -0.15) is 0 Å². The van der Waals surface area contributed by atoms with Gasteiger partial charge in [-0.25, -0.2) is 9.18 Å². The van der Waals surface area contributed by atoms with Crippen molar-refractivity contribution in [3.05, 3.63) is 24.0 Å². The Morgan fingerprint density at radius 3 is 2.68 bits per heavy atom. The Morgan fingerprint density at radius 1 is 1.47 bits per heavy atom. The van der Waals surface area contributed by atoms with E-state index in [2.05, 4.69) is 10.1 Å². The van der Waals surface area contributed by atoms with E-state index >= 15 is 0 Å². The number of nitrogens with one attached hydrogen (secondary N) is 1. The van der Waals surface area contributed by atoms with Gasteiger partial charge in [0.2, 0.25) is 5.91 Å². The molecule has 0 spiro atoms. The van der Waals surface area contributed by atoms with E-state index in [0.29, 0.717) is 0 Å². The van der Waals surface area contributed by atoms with Crippen LogP contribution in [0.4, 0.5) is 10.1 Å². The SMILES string of the molecule is COCC(=O)Nc1ccc(OC(C)C(=O)O)c(F)c1. The molecule has 7 heteroatoms. The van der Waals surface area contributed by atoms with Crippen molar-refractivity contribution in [2.75, 3.05) is 19.0 Å². The standard InChI is InChI=1S/C12H14FNO5/c1-7(12(16)17)19-10-4-3-8(5-9(10)13)14-11(15)6-18-2/h3-5,7H,6H2,1-2H3,(H,14,15)(H,16,17). The molecular weight excluding hydrogens is 257 g/mol. The smallest absolute Gasteiger partial charge is 0.344 e. The van der Waals surface area contributed by atoms with Crippen LogP contribution >= 0.6 is 0 Å². The van der Waals surface area contributed by atoms with Gasteiger partial charge in [-0.1, -0.05) is 0 Å². The lowest BCUT2D eigenvalue weighted by Crippen LogP contribution is -2.23. The van der Waals surface area contributed by atoms with Crippen LogP contribution in [0.2, 0.25) is 0 Å². The van der Waals surface area contributed by atoms with Crippen molar-refractivity contribution in [2.45, 2.75) is 13.0 Å². The molecule has 0 radical (unpaired) electrons. The summed E-state index contributed by atoms with van der Waals surface area (Å²) < 4.78 is 23.1. The first kappa shape index (κ1) is 14.9. The van der Waals surface area contributed by atoms with Crippen LogP contribution in [0.5, 0.6) is 5.75 Å². The van der Waals surface area contributed by atoms with Crippen molar-refractivity contribution >= 4 is 17.6 Å². The van der Waals surface area contributed by atoms with Gasteiger partial charge in [0.05, 0.1) is 0 Å². The maximum absolute atomic E-state index is 13.6.